The van der Waals surface area contributed by atoms with Crippen LogP contribution in [0.3, 0.4) is 0 Å². The fourth-order valence-corrected chi connectivity index (χ4v) is 2.68. The lowest BCUT2D eigenvalue weighted by Gasteiger charge is -2.10. The summed E-state index contributed by atoms with van der Waals surface area (Å²) >= 11 is 0. The first-order valence-electron chi connectivity index (χ1n) is 8.68. The maximum Gasteiger partial charge on any atom is 0.137 e. The van der Waals surface area contributed by atoms with Crippen LogP contribution in [-0.2, 0) is 0 Å². The van der Waals surface area contributed by atoms with Crippen molar-refractivity contribution < 1.29 is 0 Å². The lowest BCUT2D eigenvalue weighted by Crippen LogP contribution is -2.05. The normalized spacial score (nSPS) is 12.7. The maximum atomic E-state index is 4.19. The van der Waals surface area contributed by atoms with E-state index in [1.807, 2.05) is 11.0 Å². The van der Waals surface area contributed by atoms with E-state index in [0.29, 0.717) is 6.04 Å². The molecule has 0 aliphatic heterocycles. The molecule has 0 amide bonds. The van der Waals surface area contributed by atoms with E-state index in [2.05, 4.69) is 23.9 Å². The Morgan fingerprint density at radius 3 is 1.90 bits per heavy atom. The van der Waals surface area contributed by atoms with Crippen LogP contribution in [0, 0.1) is 0 Å². The van der Waals surface area contributed by atoms with Crippen LogP contribution in [0.2, 0.25) is 0 Å². The minimum absolute atomic E-state index is 0.496. The zero-order valence-electron chi connectivity index (χ0n) is 13.6. The predicted octanol–water partition coefficient (Wildman–Crippen LogP) is 5.54. The van der Waals surface area contributed by atoms with Gasteiger partial charge in [0.2, 0.25) is 0 Å². The molecule has 1 atom stereocenters. The number of aromatic nitrogens is 3. The molecule has 0 saturated heterocycles. The zero-order valence-corrected chi connectivity index (χ0v) is 13.6. The average molecular weight is 279 g/mol. The summed E-state index contributed by atoms with van der Waals surface area (Å²) < 4.78 is 1.97. The van der Waals surface area contributed by atoms with E-state index in [4.69, 9.17) is 0 Å². The number of nitrogens with zero attached hydrogens (tertiary/aromatic N) is 3. The van der Waals surface area contributed by atoms with E-state index >= 15 is 0 Å². The molecule has 0 saturated carbocycles. The van der Waals surface area contributed by atoms with Gasteiger partial charge in [0, 0.05) is 0 Å². The molecule has 0 radical (unpaired) electrons. The van der Waals surface area contributed by atoms with Crippen LogP contribution in [0.1, 0.15) is 96.9 Å². The molecule has 1 rings (SSSR count). The Morgan fingerprint density at radius 2 is 1.40 bits per heavy atom. The van der Waals surface area contributed by atoms with Gasteiger partial charge in [-0.15, -0.1) is 0 Å². The van der Waals surface area contributed by atoms with Gasteiger partial charge in [0.25, 0.3) is 0 Å². The Bertz CT molecular complexity index is 295. The lowest BCUT2D eigenvalue weighted by molar-refractivity contribution is 0.431. The largest absolute Gasteiger partial charge is 0.250 e. The van der Waals surface area contributed by atoms with Crippen LogP contribution in [0.5, 0.6) is 0 Å². The third-order valence-electron chi connectivity index (χ3n) is 4.11. The van der Waals surface area contributed by atoms with Crippen molar-refractivity contribution in [2.75, 3.05) is 0 Å². The highest BCUT2D eigenvalue weighted by atomic mass is 15.3. The summed E-state index contributed by atoms with van der Waals surface area (Å²) in [6, 6.07) is 0.496. The van der Waals surface area contributed by atoms with Crippen molar-refractivity contribution in [2.24, 2.45) is 0 Å². The Labute approximate surface area is 125 Å². The highest BCUT2D eigenvalue weighted by Gasteiger charge is 2.03. The summed E-state index contributed by atoms with van der Waals surface area (Å²) in [7, 11) is 0. The number of rotatable bonds is 13. The molecule has 0 N–H and O–H groups in total. The zero-order chi connectivity index (χ0) is 14.5. The smallest absolute Gasteiger partial charge is 0.137 e. The minimum Gasteiger partial charge on any atom is -0.250 e. The van der Waals surface area contributed by atoms with E-state index in [1.54, 1.807) is 6.33 Å². The standard InChI is InChI=1S/C17H33N3/c1-3-4-5-6-7-8-9-10-11-12-13-14-17(2)20-16-18-15-19-20/h15-17H,3-14H2,1-2H3. The summed E-state index contributed by atoms with van der Waals surface area (Å²) in [6.07, 6.45) is 20.2. The van der Waals surface area contributed by atoms with Crippen molar-refractivity contribution in [1.29, 1.82) is 0 Å². The second kappa shape index (κ2) is 11.9. The van der Waals surface area contributed by atoms with Crippen molar-refractivity contribution in [3.05, 3.63) is 12.7 Å². The summed E-state index contributed by atoms with van der Waals surface area (Å²) in [5.41, 5.74) is 0. The molecular weight excluding hydrogens is 246 g/mol. The second-order valence-corrected chi connectivity index (χ2v) is 6.05. The molecule has 1 aromatic heterocycles. The van der Waals surface area contributed by atoms with Crippen molar-refractivity contribution in [2.45, 2.75) is 96.9 Å². The molecule has 1 heterocycles. The van der Waals surface area contributed by atoms with Gasteiger partial charge >= 0.3 is 0 Å². The van der Waals surface area contributed by atoms with Crippen LogP contribution in [0.15, 0.2) is 12.7 Å². The van der Waals surface area contributed by atoms with Gasteiger partial charge in [0.1, 0.15) is 12.7 Å². The topological polar surface area (TPSA) is 30.7 Å². The van der Waals surface area contributed by atoms with Gasteiger partial charge in [-0.3, -0.25) is 4.68 Å². The Kier molecular flexibility index (Phi) is 10.3. The number of hydrogen-bond donors (Lipinski definition) is 0. The Morgan fingerprint density at radius 1 is 0.850 bits per heavy atom. The third-order valence-corrected chi connectivity index (χ3v) is 4.11. The predicted molar refractivity (Wildman–Crippen MR) is 85.8 cm³/mol. The molecule has 0 spiro atoms. The van der Waals surface area contributed by atoms with Gasteiger partial charge in [0.05, 0.1) is 6.04 Å². The van der Waals surface area contributed by atoms with Gasteiger partial charge in [-0.2, -0.15) is 5.10 Å². The van der Waals surface area contributed by atoms with Crippen molar-refractivity contribution >= 4 is 0 Å². The SMILES string of the molecule is CCCCCCCCCCCCCC(C)n1cncn1. The first-order chi connectivity index (χ1) is 9.84. The van der Waals surface area contributed by atoms with Crippen LogP contribution in [0.25, 0.3) is 0 Å². The molecule has 116 valence electrons. The van der Waals surface area contributed by atoms with E-state index in [0.717, 1.165) is 0 Å². The lowest BCUT2D eigenvalue weighted by atomic mass is 10.0. The Hall–Kier alpha value is -0.860. The van der Waals surface area contributed by atoms with Gasteiger partial charge in [-0.05, 0) is 13.3 Å². The summed E-state index contributed by atoms with van der Waals surface area (Å²) in [5.74, 6) is 0. The molecule has 1 unspecified atom stereocenters. The molecular formula is C17H33N3. The molecule has 20 heavy (non-hydrogen) atoms. The van der Waals surface area contributed by atoms with Crippen molar-refractivity contribution in [3.8, 4) is 0 Å². The highest BCUT2D eigenvalue weighted by molar-refractivity contribution is 4.64. The third kappa shape index (κ3) is 8.34. The quantitative estimate of drug-likeness (QED) is 0.444. The molecule has 0 fully saturated rings. The monoisotopic (exact) mass is 279 g/mol. The summed E-state index contributed by atoms with van der Waals surface area (Å²) in [4.78, 5) is 4.00. The number of hydrogen-bond acceptors (Lipinski definition) is 2. The van der Waals surface area contributed by atoms with E-state index in [9.17, 15) is 0 Å². The molecule has 3 nitrogen and oxygen atoms in total. The molecule has 0 bridgehead atoms. The van der Waals surface area contributed by atoms with Crippen LogP contribution in [-0.4, -0.2) is 14.8 Å². The molecule has 0 aromatic carbocycles. The molecule has 3 heteroatoms. The summed E-state index contributed by atoms with van der Waals surface area (Å²) in [5, 5.41) is 4.19. The van der Waals surface area contributed by atoms with E-state index < -0.39 is 0 Å². The fraction of sp³-hybridized carbons (Fsp3) is 0.882. The van der Waals surface area contributed by atoms with Crippen molar-refractivity contribution in [3.63, 3.8) is 0 Å². The van der Waals surface area contributed by atoms with Crippen LogP contribution < -0.4 is 0 Å². The second-order valence-electron chi connectivity index (χ2n) is 6.05. The van der Waals surface area contributed by atoms with Gasteiger partial charge in [-0.25, -0.2) is 4.98 Å². The van der Waals surface area contributed by atoms with Crippen molar-refractivity contribution in [1.82, 2.24) is 14.8 Å². The summed E-state index contributed by atoms with van der Waals surface area (Å²) in [6.45, 7) is 4.51. The van der Waals surface area contributed by atoms with Gasteiger partial charge in [-0.1, -0.05) is 77.6 Å². The highest BCUT2D eigenvalue weighted by Crippen LogP contribution is 2.16. The van der Waals surface area contributed by atoms with E-state index in [-0.39, 0.29) is 0 Å². The van der Waals surface area contributed by atoms with E-state index in [1.165, 1.54) is 77.0 Å². The first-order valence-corrected chi connectivity index (χ1v) is 8.68. The van der Waals surface area contributed by atoms with Crippen LogP contribution in [0.4, 0.5) is 0 Å². The first kappa shape index (κ1) is 17.2. The van der Waals surface area contributed by atoms with Gasteiger partial charge in [0.15, 0.2) is 0 Å². The average Bonchev–Trinajstić information content (AvgIpc) is 2.99. The number of unbranched alkanes of at least 4 members (excludes halogenated alkanes) is 10. The Balaban J connectivity index is 1.81. The van der Waals surface area contributed by atoms with Crippen LogP contribution >= 0.6 is 0 Å². The van der Waals surface area contributed by atoms with Gasteiger partial charge < -0.3 is 0 Å². The molecule has 1 aromatic rings. The maximum absolute atomic E-state index is 4.19. The fourth-order valence-electron chi connectivity index (χ4n) is 2.68. The minimum atomic E-state index is 0.496. The molecule has 0 aliphatic carbocycles. The molecule has 0 aliphatic rings.